The summed E-state index contributed by atoms with van der Waals surface area (Å²) in [5, 5.41) is 12.3. The standard InChI is InChI=1S/C14H28N2O3/c1-11(6-8-17)9-15-12-5-7-16(10-12)13(18)19-14(2,3)4/h11-12,15,17H,5-10H2,1-4H3. The fourth-order valence-corrected chi connectivity index (χ4v) is 2.11. The molecule has 1 saturated heterocycles. The van der Waals surface area contributed by atoms with Gasteiger partial charge in [-0.25, -0.2) is 4.79 Å². The van der Waals surface area contributed by atoms with Crippen LogP contribution in [0.3, 0.4) is 0 Å². The van der Waals surface area contributed by atoms with Gasteiger partial charge in [0.05, 0.1) is 0 Å². The van der Waals surface area contributed by atoms with Gasteiger partial charge in [0.1, 0.15) is 5.60 Å². The van der Waals surface area contributed by atoms with E-state index in [4.69, 9.17) is 9.84 Å². The van der Waals surface area contributed by atoms with E-state index in [9.17, 15) is 4.79 Å². The summed E-state index contributed by atoms with van der Waals surface area (Å²) < 4.78 is 5.36. The van der Waals surface area contributed by atoms with Gasteiger partial charge in [-0.05, 0) is 46.1 Å². The summed E-state index contributed by atoms with van der Waals surface area (Å²) in [5.74, 6) is 0.459. The molecule has 5 heteroatoms. The third-order valence-corrected chi connectivity index (χ3v) is 3.22. The Morgan fingerprint density at radius 3 is 2.79 bits per heavy atom. The van der Waals surface area contributed by atoms with E-state index in [1.54, 1.807) is 4.90 Å². The minimum Gasteiger partial charge on any atom is -0.444 e. The Morgan fingerprint density at radius 1 is 1.53 bits per heavy atom. The first-order chi connectivity index (χ1) is 8.81. The van der Waals surface area contributed by atoms with Gasteiger partial charge in [-0.15, -0.1) is 0 Å². The van der Waals surface area contributed by atoms with Crippen molar-refractivity contribution in [1.29, 1.82) is 0 Å². The molecule has 1 amide bonds. The molecule has 112 valence electrons. The maximum atomic E-state index is 11.9. The molecule has 0 bridgehead atoms. The second-order valence-electron chi connectivity index (χ2n) is 6.44. The van der Waals surface area contributed by atoms with Gasteiger partial charge >= 0.3 is 6.09 Å². The van der Waals surface area contributed by atoms with Crippen molar-refractivity contribution < 1.29 is 14.6 Å². The molecule has 0 radical (unpaired) electrons. The molecular formula is C14H28N2O3. The Hall–Kier alpha value is -0.810. The van der Waals surface area contributed by atoms with E-state index in [-0.39, 0.29) is 12.7 Å². The Bertz CT molecular complexity index is 289. The molecule has 2 N–H and O–H groups in total. The van der Waals surface area contributed by atoms with Crippen molar-refractivity contribution in [1.82, 2.24) is 10.2 Å². The zero-order valence-electron chi connectivity index (χ0n) is 12.6. The fraction of sp³-hybridized carbons (Fsp3) is 0.929. The third-order valence-electron chi connectivity index (χ3n) is 3.22. The Kier molecular flexibility index (Phi) is 6.07. The molecule has 0 spiro atoms. The zero-order valence-corrected chi connectivity index (χ0v) is 12.6. The number of hydrogen-bond acceptors (Lipinski definition) is 4. The molecule has 2 atom stereocenters. The molecular weight excluding hydrogens is 244 g/mol. The first-order valence-corrected chi connectivity index (χ1v) is 7.14. The van der Waals surface area contributed by atoms with Gasteiger partial charge in [-0.3, -0.25) is 0 Å². The van der Waals surface area contributed by atoms with Crippen molar-refractivity contribution in [2.45, 2.75) is 52.2 Å². The van der Waals surface area contributed by atoms with Gasteiger partial charge < -0.3 is 20.1 Å². The number of likely N-dealkylation sites (tertiary alicyclic amines) is 1. The smallest absolute Gasteiger partial charge is 0.410 e. The normalized spacial score (nSPS) is 21.5. The molecule has 5 nitrogen and oxygen atoms in total. The predicted molar refractivity (Wildman–Crippen MR) is 75.1 cm³/mol. The van der Waals surface area contributed by atoms with E-state index < -0.39 is 5.60 Å². The van der Waals surface area contributed by atoms with Gasteiger partial charge in [0.15, 0.2) is 0 Å². The van der Waals surface area contributed by atoms with Gasteiger partial charge in [0, 0.05) is 25.7 Å². The van der Waals surface area contributed by atoms with E-state index in [1.807, 2.05) is 20.8 Å². The highest BCUT2D eigenvalue weighted by Gasteiger charge is 2.29. The van der Waals surface area contributed by atoms with E-state index in [2.05, 4.69) is 12.2 Å². The molecule has 19 heavy (non-hydrogen) atoms. The van der Waals surface area contributed by atoms with E-state index in [0.29, 0.717) is 18.5 Å². The van der Waals surface area contributed by atoms with Crippen molar-refractivity contribution in [3.63, 3.8) is 0 Å². The lowest BCUT2D eigenvalue weighted by Gasteiger charge is -2.24. The second-order valence-corrected chi connectivity index (χ2v) is 6.44. The molecule has 0 aromatic heterocycles. The summed E-state index contributed by atoms with van der Waals surface area (Å²) in [6.45, 7) is 10.3. The summed E-state index contributed by atoms with van der Waals surface area (Å²) >= 11 is 0. The highest BCUT2D eigenvalue weighted by Crippen LogP contribution is 2.15. The van der Waals surface area contributed by atoms with Crippen LogP contribution in [0.2, 0.25) is 0 Å². The Labute approximate surface area is 116 Å². The quantitative estimate of drug-likeness (QED) is 0.798. The number of aliphatic hydroxyl groups excluding tert-OH is 1. The van der Waals surface area contributed by atoms with Crippen molar-refractivity contribution in [3.05, 3.63) is 0 Å². The number of nitrogens with zero attached hydrogens (tertiary/aromatic N) is 1. The topological polar surface area (TPSA) is 61.8 Å². The number of rotatable bonds is 5. The molecule has 1 aliphatic heterocycles. The summed E-state index contributed by atoms with van der Waals surface area (Å²) in [6, 6.07) is 0.341. The lowest BCUT2D eigenvalue weighted by atomic mass is 10.1. The second kappa shape index (κ2) is 7.10. The van der Waals surface area contributed by atoms with Crippen molar-refractivity contribution in [2.75, 3.05) is 26.2 Å². The van der Waals surface area contributed by atoms with Crippen LogP contribution in [-0.4, -0.2) is 54.0 Å². The number of carbonyl (C=O) groups excluding carboxylic acids is 1. The molecule has 1 heterocycles. The van der Waals surface area contributed by atoms with Gasteiger partial charge in [0.2, 0.25) is 0 Å². The number of hydrogen-bond donors (Lipinski definition) is 2. The van der Waals surface area contributed by atoms with Crippen LogP contribution in [0.25, 0.3) is 0 Å². The van der Waals surface area contributed by atoms with Crippen molar-refractivity contribution in [2.24, 2.45) is 5.92 Å². The van der Waals surface area contributed by atoms with Crippen LogP contribution >= 0.6 is 0 Å². The van der Waals surface area contributed by atoms with E-state index in [1.165, 1.54) is 0 Å². The van der Waals surface area contributed by atoms with Crippen LogP contribution in [0, 0.1) is 5.92 Å². The molecule has 0 aliphatic carbocycles. The predicted octanol–water partition coefficient (Wildman–Crippen LogP) is 1.60. The van der Waals surface area contributed by atoms with Crippen molar-refractivity contribution in [3.8, 4) is 0 Å². The van der Waals surface area contributed by atoms with Gasteiger partial charge in [0.25, 0.3) is 0 Å². The van der Waals surface area contributed by atoms with Gasteiger partial charge in [-0.1, -0.05) is 6.92 Å². The van der Waals surface area contributed by atoms with Gasteiger partial charge in [-0.2, -0.15) is 0 Å². The van der Waals surface area contributed by atoms with E-state index >= 15 is 0 Å². The maximum Gasteiger partial charge on any atom is 0.410 e. The third kappa shape index (κ3) is 6.25. The molecule has 0 aromatic rings. The molecule has 0 saturated carbocycles. The van der Waals surface area contributed by atoms with Crippen LogP contribution in [0.5, 0.6) is 0 Å². The first-order valence-electron chi connectivity index (χ1n) is 7.14. The fourth-order valence-electron chi connectivity index (χ4n) is 2.11. The molecule has 2 unspecified atom stereocenters. The summed E-state index contributed by atoms with van der Waals surface area (Å²) in [7, 11) is 0. The highest BCUT2D eigenvalue weighted by molar-refractivity contribution is 5.68. The SMILES string of the molecule is CC(CCO)CNC1CCN(C(=O)OC(C)(C)C)C1. The lowest BCUT2D eigenvalue weighted by molar-refractivity contribution is 0.0291. The Morgan fingerprint density at radius 2 is 2.21 bits per heavy atom. The molecule has 1 rings (SSSR count). The summed E-state index contributed by atoms with van der Waals surface area (Å²) in [6.07, 6.45) is 1.56. The van der Waals surface area contributed by atoms with Crippen LogP contribution < -0.4 is 5.32 Å². The van der Waals surface area contributed by atoms with Crippen LogP contribution in [-0.2, 0) is 4.74 Å². The average molecular weight is 272 g/mol. The van der Waals surface area contributed by atoms with Crippen molar-refractivity contribution >= 4 is 6.09 Å². The summed E-state index contributed by atoms with van der Waals surface area (Å²) in [5.41, 5.74) is -0.432. The summed E-state index contributed by atoms with van der Waals surface area (Å²) in [4.78, 5) is 13.7. The number of aliphatic hydroxyl groups is 1. The number of ether oxygens (including phenoxy) is 1. The molecule has 1 aliphatic rings. The zero-order chi connectivity index (χ0) is 14.5. The number of carbonyl (C=O) groups is 1. The van der Waals surface area contributed by atoms with Crippen LogP contribution in [0.1, 0.15) is 40.5 Å². The highest BCUT2D eigenvalue weighted by atomic mass is 16.6. The maximum absolute atomic E-state index is 11.9. The molecule has 0 aromatic carbocycles. The van der Waals surface area contributed by atoms with Crippen LogP contribution in [0.4, 0.5) is 4.79 Å². The monoisotopic (exact) mass is 272 g/mol. The average Bonchev–Trinajstić information content (AvgIpc) is 2.73. The van der Waals surface area contributed by atoms with E-state index in [0.717, 1.165) is 25.9 Å². The Balaban J connectivity index is 2.27. The van der Waals surface area contributed by atoms with Crippen LogP contribution in [0.15, 0.2) is 0 Å². The number of nitrogens with one attached hydrogen (secondary N) is 1. The minimum absolute atomic E-state index is 0.222. The largest absolute Gasteiger partial charge is 0.444 e. The molecule has 1 fully saturated rings. The lowest BCUT2D eigenvalue weighted by Crippen LogP contribution is -2.39. The minimum atomic E-state index is -0.432. The first kappa shape index (κ1) is 16.2. The number of amides is 1.